The third kappa shape index (κ3) is 6.92. The first kappa shape index (κ1) is 28.8. The molecular weight excluding hydrogens is 586 g/mol. The van der Waals surface area contributed by atoms with Gasteiger partial charge in [-0.15, -0.1) is 5.10 Å². The fourth-order valence-electron chi connectivity index (χ4n) is 4.42. The molecule has 0 saturated heterocycles. The lowest BCUT2D eigenvalue weighted by molar-refractivity contribution is -0.117. The molecular formula is C26H26ClN9O5S. The molecule has 0 unspecified atom stereocenters. The number of nitrogens with one attached hydrogen (secondary N) is 4. The highest BCUT2D eigenvalue weighted by Crippen LogP contribution is 2.32. The fraction of sp³-hybridized carbons (Fsp3) is 0.231. The van der Waals surface area contributed by atoms with E-state index in [1.165, 1.54) is 30.3 Å². The Balaban J connectivity index is 1.41. The van der Waals surface area contributed by atoms with Crippen molar-refractivity contribution in [3.8, 4) is 16.9 Å². The van der Waals surface area contributed by atoms with Gasteiger partial charge in [0.1, 0.15) is 12.2 Å². The van der Waals surface area contributed by atoms with E-state index in [-0.39, 0.29) is 17.3 Å². The average molecular weight is 612 g/mol. The highest BCUT2D eigenvalue weighted by molar-refractivity contribution is 7.92. The Morgan fingerprint density at radius 2 is 2.05 bits per heavy atom. The number of rotatable bonds is 5. The van der Waals surface area contributed by atoms with Gasteiger partial charge in [0.15, 0.2) is 0 Å². The fourth-order valence-corrected chi connectivity index (χ4v) is 5.79. The lowest BCUT2D eigenvalue weighted by Crippen LogP contribution is -2.28. The number of imidazole rings is 1. The zero-order chi connectivity index (χ0) is 29.7. The Morgan fingerprint density at radius 1 is 1.19 bits per heavy atom. The highest BCUT2D eigenvalue weighted by Gasteiger charge is 2.22. The number of fused-ring (bicyclic) bond motifs is 4. The van der Waals surface area contributed by atoms with E-state index in [4.69, 9.17) is 11.6 Å². The van der Waals surface area contributed by atoms with Gasteiger partial charge in [0, 0.05) is 27.9 Å². The summed E-state index contributed by atoms with van der Waals surface area (Å²) in [6, 6.07) is 9.36. The van der Waals surface area contributed by atoms with Crippen molar-refractivity contribution in [2.24, 2.45) is 0 Å². The van der Waals surface area contributed by atoms with Gasteiger partial charge in [0.25, 0.3) is 0 Å². The number of benzene rings is 2. The summed E-state index contributed by atoms with van der Waals surface area (Å²) in [5, 5.41) is 17.2. The van der Waals surface area contributed by atoms with E-state index in [1.54, 1.807) is 42.6 Å². The molecule has 1 aliphatic heterocycles. The van der Waals surface area contributed by atoms with Gasteiger partial charge < -0.3 is 15.0 Å². The minimum Gasteiger partial charge on any atom is -0.453 e. The molecule has 2 aromatic heterocycles. The summed E-state index contributed by atoms with van der Waals surface area (Å²) in [6.45, 7) is 0. The number of aromatic nitrogens is 6. The number of halogens is 1. The van der Waals surface area contributed by atoms with E-state index < -0.39 is 22.2 Å². The molecule has 5 rings (SSSR count). The predicted molar refractivity (Wildman–Crippen MR) is 155 cm³/mol. The van der Waals surface area contributed by atoms with E-state index in [9.17, 15) is 18.0 Å². The molecule has 0 saturated carbocycles. The first-order chi connectivity index (χ1) is 20.2. The molecule has 2 bridgehead atoms. The Labute approximate surface area is 245 Å². The van der Waals surface area contributed by atoms with Crippen LogP contribution < -0.4 is 15.4 Å². The van der Waals surface area contributed by atoms with Crippen LogP contribution in [0.3, 0.4) is 0 Å². The van der Waals surface area contributed by atoms with Crippen molar-refractivity contribution >= 4 is 51.1 Å². The lowest BCUT2D eigenvalue weighted by atomic mass is 10.1. The Kier molecular flexibility index (Phi) is 8.49. The largest absolute Gasteiger partial charge is 0.453 e. The van der Waals surface area contributed by atoms with Crippen molar-refractivity contribution in [1.82, 2.24) is 35.5 Å². The second-order valence-electron chi connectivity index (χ2n) is 9.33. The van der Waals surface area contributed by atoms with Crippen LogP contribution >= 0.6 is 11.6 Å². The zero-order valence-corrected chi connectivity index (χ0v) is 23.8. The lowest BCUT2D eigenvalue weighted by Gasteiger charge is -2.18. The molecule has 14 nitrogen and oxygen atoms in total. The monoisotopic (exact) mass is 611 g/mol. The number of nitrogens with zero attached hydrogens (tertiary/aromatic N) is 5. The van der Waals surface area contributed by atoms with E-state index >= 15 is 0 Å². The third-order valence-electron chi connectivity index (χ3n) is 6.40. The topological polar surface area (TPSA) is 186 Å². The number of carbonyl (C=O) groups is 2. The minimum atomic E-state index is -3.71. The molecule has 2 aromatic carbocycles. The number of aromatic amines is 1. The summed E-state index contributed by atoms with van der Waals surface area (Å²) in [5.41, 5.74) is 2.88. The molecule has 3 heterocycles. The van der Waals surface area contributed by atoms with Crippen LogP contribution in [0.5, 0.6) is 0 Å². The molecule has 4 N–H and O–H groups in total. The summed E-state index contributed by atoms with van der Waals surface area (Å²) < 4.78 is 34.4. The third-order valence-corrected chi connectivity index (χ3v) is 8.00. The van der Waals surface area contributed by atoms with Gasteiger partial charge in [0.2, 0.25) is 15.9 Å². The van der Waals surface area contributed by atoms with Crippen LogP contribution in [0.25, 0.3) is 23.0 Å². The van der Waals surface area contributed by atoms with Gasteiger partial charge in [-0.2, -0.15) is 4.68 Å². The molecule has 0 radical (unpaired) electrons. The van der Waals surface area contributed by atoms with Crippen molar-refractivity contribution < 1.29 is 22.7 Å². The van der Waals surface area contributed by atoms with Crippen LogP contribution in [0.1, 0.15) is 36.7 Å². The molecule has 1 aliphatic rings. The number of anilines is 2. The van der Waals surface area contributed by atoms with Crippen molar-refractivity contribution in [2.75, 3.05) is 22.9 Å². The summed E-state index contributed by atoms with van der Waals surface area (Å²) in [5.74, 6) is -0.00843. The van der Waals surface area contributed by atoms with E-state index in [0.717, 1.165) is 0 Å². The molecule has 0 spiro atoms. The maximum Gasteiger partial charge on any atom is 0.411 e. The van der Waals surface area contributed by atoms with Crippen LogP contribution in [-0.2, 0) is 19.6 Å². The van der Waals surface area contributed by atoms with Crippen molar-refractivity contribution in [2.45, 2.75) is 25.3 Å². The van der Waals surface area contributed by atoms with Crippen LogP contribution in [0.2, 0.25) is 5.02 Å². The molecule has 218 valence electrons. The minimum absolute atomic E-state index is 0.130. The predicted octanol–water partition coefficient (Wildman–Crippen LogP) is 3.68. The SMILES string of the molecule is COC(=O)Nc1ccc2c(c1)NS(=O)(=O)CCCC[C@H](NC(=O)/C=C/c1cc(Cl)ccc1-n1cnnn1)c1ncc-2[nH]1. The zero-order valence-electron chi connectivity index (χ0n) is 22.2. The van der Waals surface area contributed by atoms with Crippen molar-refractivity contribution in [3.05, 3.63) is 71.4 Å². The summed E-state index contributed by atoms with van der Waals surface area (Å²) in [6.07, 6.45) is 6.58. The quantitative estimate of drug-likeness (QED) is 0.244. The smallest absolute Gasteiger partial charge is 0.411 e. The first-order valence-corrected chi connectivity index (χ1v) is 14.8. The molecule has 42 heavy (non-hydrogen) atoms. The number of carbonyl (C=O) groups excluding carboxylic acids is 2. The Morgan fingerprint density at radius 3 is 2.83 bits per heavy atom. The van der Waals surface area contributed by atoms with Crippen molar-refractivity contribution in [1.29, 1.82) is 0 Å². The maximum absolute atomic E-state index is 13.0. The molecule has 0 fully saturated rings. The summed E-state index contributed by atoms with van der Waals surface area (Å²) >= 11 is 6.18. The molecule has 0 aliphatic carbocycles. The number of hydrogen-bond acceptors (Lipinski definition) is 9. The standard InChI is InChI=1S/C26H26ClN9O5S/c1-41-26(38)30-18-7-8-19-21(13-18)33-42(39,40)11-3-2-4-20(25-28-14-22(19)32-25)31-24(37)10-5-16-12-17(27)6-9-23(16)36-15-29-34-35-36/h5-10,12-15,20,33H,2-4,11H2,1H3,(H,28,32)(H,30,38)(H,31,37)/b10-5+/t20-/m0/s1. The van der Waals surface area contributed by atoms with E-state index in [0.29, 0.717) is 58.3 Å². The molecule has 2 amide bonds. The average Bonchev–Trinajstić information content (AvgIpc) is 3.66. The van der Waals surface area contributed by atoms with Gasteiger partial charge >= 0.3 is 6.09 Å². The summed E-state index contributed by atoms with van der Waals surface area (Å²) in [7, 11) is -2.48. The number of hydrogen-bond donors (Lipinski definition) is 4. The van der Waals surface area contributed by atoms with Crippen LogP contribution in [0.4, 0.5) is 16.2 Å². The van der Waals surface area contributed by atoms with E-state index in [2.05, 4.69) is 45.6 Å². The molecule has 4 aromatic rings. The van der Waals surface area contributed by atoms with Crippen LogP contribution in [0, 0.1) is 0 Å². The molecule has 16 heteroatoms. The molecule has 1 atom stereocenters. The Bertz CT molecular complexity index is 1740. The van der Waals surface area contributed by atoms with Gasteiger partial charge in [0.05, 0.1) is 42.2 Å². The van der Waals surface area contributed by atoms with Gasteiger partial charge in [-0.1, -0.05) is 11.6 Å². The number of sulfonamides is 1. The Hall–Kier alpha value is -4.76. The van der Waals surface area contributed by atoms with Gasteiger partial charge in [-0.05, 0) is 72.2 Å². The maximum atomic E-state index is 13.0. The number of methoxy groups -OCH3 is 1. The normalized spacial score (nSPS) is 16.4. The van der Waals surface area contributed by atoms with Gasteiger partial charge in [-0.3, -0.25) is 14.8 Å². The van der Waals surface area contributed by atoms with Gasteiger partial charge in [-0.25, -0.2) is 18.2 Å². The number of amides is 2. The van der Waals surface area contributed by atoms with E-state index in [1.807, 2.05) is 0 Å². The van der Waals surface area contributed by atoms with Crippen LogP contribution in [-0.4, -0.2) is 63.5 Å². The van der Waals surface area contributed by atoms with Crippen molar-refractivity contribution in [3.63, 3.8) is 0 Å². The highest BCUT2D eigenvalue weighted by atomic mass is 35.5. The summed E-state index contributed by atoms with van der Waals surface area (Å²) in [4.78, 5) is 32.4. The first-order valence-electron chi connectivity index (χ1n) is 12.8. The number of ether oxygens (including phenoxy) is 1. The second-order valence-corrected chi connectivity index (χ2v) is 11.6. The van der Waals surface area contributed by atoms with Crippen LogP contribution in [0.15, 0.2) is 55.0 Å². The number of H-pyrrole nitrogens is 1. The number of tetrazole rings is 1. The second kappa shape index (κ2) is 12.4.